The number of alkyl halides is 2. The van der Waals surface area contributed by atoms with Gasteiger partial charge < -0.3 is 5.32 Å². The van der Waals surface area contributed by atoms with Crippen molar-refractivity contribution < 1.29 is 22.0 Å². The van der Waals surface area contributed by atoms with Crippen molar-refractivity contribution >= 4 is 15.9 Å². The van der Waals surface area contributed by atoms with Crippen molar-refractivity contribution in [2.75, 3.05) is 19.3 Å². The summed E-state index contributed by atoms with van der Waals surface area (Å²) in [7, 11) is -3.24. The van der Waals surface area contributed by atoms with E-state index in [1.165, 1.54) is 0 Å². The highest BCUT2D eigenvalue weighted by Crippen LogP contribution is 2.47. The van der Waals surface area contributed by atoms with E-state index in [9.17, 15) is 22.0 Å². The van der Waals surface area contributed by atoms with E-state index in [1.807, 2.05) is 54.6 Å². The molecule has 2 N–H and O–H groups in total. The van der Waals surface area contributed by atoms with Gasteiger partial charge in [0.05, 0.1) is 18.2 Å². The highest BCUT2D eigenvalue weighted by atomic mass is 32.2. The van der Waals surface area contributed by atoms with Gasteiger partial charge in [-0.2, -0.15) is 5.26 Å². The summed E-state index contributed by atoms with van der Waals surface area (Å²) in [5.41, 5.74) is 3.54. The minimum Gasteiger partial charge on any atom is -0.343 e. The van der Waals surface area contributed by atoms with Crippen LogP contribution in [-0.4, -0.2) is 39.6 Å². The Morgan fingerprint density at radius 3 is 2.55 bits per heavy atom. The molecule has 9 heteroatoms. The molecular weight excluding hydrogens is 448 g/mol. The molecule has 3 rings (SSSR count). The first-order valence-electron chi connectivity index (χ1n) is 10.7. The van der Waals surface area contributed by atoms with Gasteiger partial charge >= 0.3 is 0 Å². The van der Waals surface area contributed by atoms with Crippen LogP contribution in [0.3, 0.4) is 0 Å². The van der Waals surface area contributed by atoms with Crippen molar-refractivity contribution in [3.63, 3.8) is 0 Å². The molecule has 0 saturated heterocycles. The fourth-order valence-electron chi connectivity index (χ4n) is 4.35. The number of sulfonamides is 1. The first-order valence-corrected chi connectivity index (χ1v) is 12.6. The Kier molecular flexibility index (Phi) is 7.82. The molecule has 0 spiro atoms. The molecule has 176 valence electrons. The van der Waals surface area contributed by atoms with Gasteiger partial charge in [-0.05, 0) is 41.0 Å². The largest absolute Gasteiger partial charge is 0.343 e. The average Bonchev–Trinajstić information content (AvgIpc) is 2.76. The van der Waals surface area contributed by atoms with Gasteiger partial charge in [0, 0.05) is 19.4 Å². The number of amides is 1. The lowest BCUT2D eigenvalue weighted by atomic mass is 9.71. The van der Waals surface area contributed by atoms with E-state index in [0.29, 0.717) is 13.0 Å². The SMILES string of the molecule is CS(=O)(=O)NCCc1ccc(-c2ccccc2[C@@H]2CCC(F)(F)C[C@H]2C(=O)NCC#N)cc1. The third-order valence-electron chi connectivity index (χ3n) is 5.91. The van der Waals surface area contributed by atoms with Gasteiger partial charge in [-0.15, -0.1) is 0 Å². The number of hydrogen-bond donors (Lipinski definition) is 2. The minimum absolute atomic E-state index is 0.171. The Morgan fingerprint density at radius 2 is 1.88 bits per heavy atom. The van der Waals surface area contributed by atoms with Gasteiger partial charge in [0.15, 0.2) is 0 Å². The number of nitrogens with one attached hydrogen (secondary N) is 2. The summed E-state index contributed by atoms with van der Waals surface area (Å²) >= 11 is 0. The van der Waals surface area contributed by atoms with Gasteiger partial charge in [0.1, 0.15) is 6.54 Å². The van der Waals surface area contributed by atoms with Crippen LogP contribution in [0.2, 0.25) is 0 Å². The molecular formula is C24H27F2N3O3S. The zero-order valence-electron chi connectivity index (χ0n) is 18.4. The van der Waals surface area contributed by atoms with Gasteiger partial charge in [0.25, 0.3) is 0 Å². The Labute approximate surface area is 193 Å². The quantitative estimate of drug-likeness (QED) is 0.570. The van der Waals surface area contributed by atoms with Gasteiger partial charge in [-0.3, -0.25) is 4.79 Å². The molecule has 2 aromatic carbocycles. The molecule has 1 aliphatic rings. The molecule has 1 aliphatic carbocycles. The maximum absolute atomic E-state index is 14.2. The average molecular weight is 476 g/mol. The second-order valence-electron chi connectivity index (χ2n) is 8.39. The van der Waals surface area contributed by atoms with Crippen molar-refractivity contribution in [2.24, 2.45) is 5.92 Å². The van der Waals surface area contributed by atoms with Gasteiger partial charge in [-0.1, -0.05) is 48.5 Å². The predicted molar refractivity (Wildman–Crippen MR) is 122 cm³/mol. The molecule has 0 aliphatic heterocycles. The van der Waals surface area contributed by atoms with Crippen LogP contribution in [0.5, 0.6) is 0 Å². The number of nitriles is 1. The third-order valence-corrected chi connectivity index (χ3v) is 6.64. The van der Waals surface area contributed by atoms with Crippen molar-refractivity contribution in [3.05, 3.63) is 59.7 Å². The molecule has 0 unspecified atom stereocenters. The molecule has 0 bridgehead atoms. The standard InChI is InChI=1S/C24H27F2N3O3S/c1-33(31,32)29-14-11-17-6-8-18(9-7-17)19-4-2-3-5-20(19)21-10-12-24(25,26)16-22(21)23(30)28-15-13-27/h2-9,21-22,29H,10-12,14-16H2,1H3,(H,28,30)/t21-,22+/m0/s1. The first-order chi connectivity index (χ1) is 15.6. The van der Waals surface area contributed by atoms with Crippen molar-refractivity contribution in [1.82, 2.24) is 10.0 Å². The number of benzene rings is 2. The number of carbonyl (C=O) groups is 1. The Balaban J connectivity index is 1.85. The van der Waals surface area contributed by atoms with E-state index >= 15 is 0 Å². The monoisotopic (exact) mass is 475 g/mol. The van der Waals surface area contributed by atoms with Crippen LogP contribution in [-0.2, 0) is 21.2 Å². The Hall–Kier alpha value is -2.83. The van der Waals surface area contributed by atoms with E-state index in [0.717, 1.165) is 28.5 Å². The molecule has 1 amide bonds. The van der Waals surface area contributed by atoms with Gasteiger partial charge in [-0.25, -0.2) is 21.9 Å². The molecule has 0 aromatic heterocycles. The van der Waals surface area contributed by atoms with E-state index in [1.54, 1.807) is 0 Å². The highest BCUT2D eigenvalue weighted by molar-refractivity contribution is 7.88. The summed E-state index contributed by atoms with van der Waals surface area (Å²) in [6, 6.07) is 16.9. The Bertz CT molecular complexity index is 1130. The minimum atomic E-state index is -3.24. The van der Waals surface area contributed by atoms with Crippen molar-refractivity contribution in [3.8, 4) is 17.2 Å². The predicted octanol–water partition coefficient (Wildman–Crippen LogP) is 3.60. The van der Waals surface area contributed by atoms with Crippen LogP contribution in [0.15, 0.2) is 48.5 Å². The molecule has 33 heavy (non-hydrogen) atoms. The van der Waals surface area contributed by atoms with Crippen LogP contribution >= 0.6 is 0 Å². The third kappa shape index (κ3) is 6.83. The highest BCUT2D eigenvalue weighted by Gasteiger charge is 2.45. The van der Waals surface area contributed by atoms with E-state index in [4.69, 9.17) is 5.26 Å². The number of nitrogens with zero attached hydrogens (tertiary/aromatic N) is 1. The summed E-state index contributed by atoms with van der Waals surface area (Å²) in [5, 5.41) is 11.2. The molecule has 2 aromatic rings. The second-order valence-corrected chi connectivity index (χ2v) is 10.2. The van der Waals surface area contributed by atoms with E-state index in [-0.39, 0.29) is 19.4 Å². The summed E-state index contributed by atoms with van der Waals surface area (Å²) in [6.45, 7) is 0.0788. The molecule has 1 fully saturated rings. The number of carbonyl (C=O) groups excluding carboxylic acids is 1. The molecule has 2 atom stereocenters. The second kappa shape index (κ2) is 10.4. The van der Waals surface area contributed by atoms with Crippen LogP contribution in [0, 0.1) is 17.2 Å². The lowest BCUT2D eigenvalue weighted by Crippen LogP contribution is -2.41. The zero-order chi connectivity index (χ0) is 24.1. The van der Waals surface area contributed by atoms with Crippen LogP contribution < -0.4 is 10.0 Å². The molecule has 0 heterocycles. The van der Waals surface area contributed by atoms with Gasteiger partial charge in [0.2, 0.25) is 21.9 Å². The van der Waals surface area contributed by atoms with Crippen molar-refractivity contribution in [2.45, 2.75) is 37.5 Å². The zero-order valence-corrected chi connectivity index (χ0v) is 19.2. The Morgan fingerprint density at radius 1 is 1.18 bits per heavy atom. The van der Waals surface area contributed by atoms with Crippen LogP contribution in [0.1, 0.15) is 36.3 Å². The van der Waals surface area contributed by atoms with Crippen molar-refractivity contribution in [1.29, 1.82) is 5.26 Å². The number of hydrogen-bond acceptors (Lipinski definition) is 4. The summed E-state index contributed by atoms with van der Waals surface area (Å²) < 4.78 is 53.3. The fraction of sp³-hybridized carbons (Fsp3) is 0.417. The summed E-state index contributed by atoms with van der Waals surface area (Å²) in [4.78, 5) is 12.6. The lowest BCUT2D eigenvalue weighted by molar-refractivity contribution is -0.133. The smallest absolute Gasteiger partial charge is 0.249 e. The number of rotatable bonds is 8. The van der Waals surface area contributed by atoms with E-state index in [2.05, 4.69) is 10.0 Å². The van der Waals surface area contributed by atoms with Crippen LogP contribution in [0.4, 0.5) is 8.78 Å². The molecule has 0 radical (unpaired) electrons. The first kappa shape index (κ1) is 24.8. The van der Waals surface area contributed by atoms with Crippen LogP contribution in [0.25, 0.3) is 11.1 Å². The summed E-state index contributed by atoms with van der Waals surface area (Å²) in [6.07, 6.45) is 0.982. The maximum atomic E-state index is 14.2. The molecule has 6 nitrogen and oxygen atoms in total. The number of halogens is 2. The van der Waals surface area contributed by atoms with E-state index < -0.39 is 40.1 Å². The maximum Gasteiger partial charge on any atom is 0.249 e. The molecule has 1 saturated carbocycles. The topological polar surface area (TPSA) is 99.1 Å². The normalized spacial score (nSPS) is 20.1. The lowest BCUT2D eigenvalue weighted by Gasteiger charge is -2.36. The fourth-order valence-corrected chi connectivity index (χ4v) is 4.83. The summed E-state index contributed by atoms with van der Waals surface area (Å²) in [5.74, 6) is -4.76.